The molecule has 0 unspecified atom stereocenters. The molecule has 0 fully saturated rings. The van der Waals surface area contributed by atoms with Crippen LogP contribution in [0.1, 0.15) is 79.1 Å². The smallest absolute Gasteiger partial charge is 0.321 e. The van der Waals surface area contributed by atoms with Crippen LogP contribution in [0.2, 0.25) is 0 Å². The fraction of sp³-hybridized carbons (Fsp3) is 0.941. The van der Waals surface area contributed by atoms with Crippen LogP contribution in [0.15, 0.2) is 0 Å². The molecule has 0 saturated heterocycles. The van der Waals surface area contributed by atoms with E-state index in [1.54, 1.807) is 0 Å². The van der Waals surface area contributed by atoms with Crippen LogP contribution in [0.4, 0.5) is 0 Å². The minimum atomic E-state index is -1.48. The highest BCUT2D eigenvalue weighted by Crippen LogP contribution is 2.22. The predicted octanol–water partition coefficient (Wildman–Crippen LogP) is 4.46. The summed E-state index contributed by atoms with van der Waals surface area (Å²) < 4.78 is 17.4. The number of Topliss-reactive ketones (excluding diaryl/α,β-unsaturated/α-hetero) is 1. The highest BCUT2D eigenvalue weighted by molar-refractivity contribution is 5.84. The summed E-state index contributed by atoms with van der Waals surface area (Å²) in [6.07, 6.45) is 6.93. The molecule has 4 heteroatoms. The second kappa shape index (κ2) is 13.2. The molecule has 21 heavy (non-hydrogen) atoms. The van der Waals surface area contributed by atoms with Crippen molar-refractivity contribution in [2.45, 2.75) is 85.0 Å². The van der Waals surface area contributed by atoms with Crippen molar-refractivity contribution in [3.8, 4) is 0 Å². The molecule has 0 spiro atoms. The minimum absolute atomic E-state index is 0.0895. The largest absolute Gasteiger partial charge is 0.346 e. The van der Waals surface area contributed by atoms with Gasteiger partial charge in [-0.2, -0.15) is 0 Å². The van der Waals surface area contributed by atoms with E-state index in [1.807, 2.05) is 6.92 Å². The zero-order valence-corrected chi connectivity index (χ0v) is 14.4. The Labute approximate surface area is 130 Å². The fourth-order valence-electron chi connectivity index (χ4n) is 1.80. The molecular weight excluding hydrogens is 268 g/mol. The van der Waals surface area contributed by atoms with Crippen molar-refractivity contribution in [2.24, 2.45) is 0 Å². The van der Waals surface area contributed by atoms with Crippen molar-refractivity contribution in [1.82, 2.24) is 0 Å². The Morgan fingerprint density at radius 1 is 0.714 bits per heavy atom. The van der Waals surface area contributed by atoms with Gasteiger partial charge in [0, 0.05) is 6.42 Å². The maximum absolute atomic E-state index is 12.5. The van der Waals surface area contributed by atoms with Gasteiger partial charge in [-0.25, -0.2) is 0 Å². The number of ketones is 1. The van der Waals surface area contributed by atoms with E-state index in [4.69, 9.17) is 14.2 Å². The molecule has 0 aromatic rings. The van der Waals surface area contributed by atoms with E-state index < -0.39 is 5.97 Å². The van der Waals surface area contributed by atoms with Gasteiger partial charge in [-0.1, -0.05) is 47.0 Å². The first-order valence-corrected chi connectivity index (χ1v) is 8.61. The summed E-state index contributed by atoms with van der Waals surface area (Å²) in [6, 6.07) is 0. The molecule has 0 saturated carbocycles. The standard InChI is InChI=1S/C17H34O4/c1-5-9-13-19-17(16(18)12-8-4,20-14-10-6-2)21-15-11-7-3/h5-15H2,1-4H3. The topological polar surface area (TPSA) is 44.8 Å². The minimum Gasteiger partial charge on any atom is -0.321 e. The Balaban J connectivity index is 4.82. The van der Waals surface area contributed by atoms with Gasteiger partial charge in [-0.3, -0.25) is 4.79 Å². The maximum Gasteiger partial charge on any atom is 0.346 e. The molecule has 0 amide bonds. The lowest BCUT2D eigenvalue weighted by atomic mass is 10.2. The third-order valence-electron chi connectivity index (χ3n) is 3.19. The molecule has 0 aromatic carbocycles. The van der Waals surface area contributed by atoms with Gasteiger partial charge in [-0.05, 0) is 25.7 Å². The van der Waals surface area contributed by atoms with Gasteiger partial charge in [-0.15, -0.1) is 0 Å². The molecule has 0 aliphatic rings. The van der Waals surface area contributed by atoms with Crippen LogP contribution in [0.25, 0.3) is 0 Å². The van der Waals surface area contributed by atoms with Crippen LogP contribution >= 0.6 is 0 Å². The number of hydrogen-bond donors (Lipinski definition) is 0. The molecule has 0 aromatic heterocycles. The predicted molar refractivity (Wildman–Crippen MR) is 85.2 cm³/mol. The van der Waals surface area contributed by atoms with E-state index in [9.17, 15) is 4.79 Å². The van der Waals surface area contributed by atoms with Crippen molar-refractivity contribution in [1.29, 1.82) is 0 Å². The highest BCUT2D eigenvalue weighted by Gasteiger charge is 2.41. The molecule has 0 radical (unpaired) electrons. The van der Waals surface area contributed by atoms with Crippen molar-refractivity contribution in [2.75, 3.05) is 19.8 Å². The van der Waals surface area contributed by atoms with Crippen molar-refractivity contribution >= 4 is 5.78 Å². The van der Waals surface area contributed by atoms with Crippen molar-refractivity contribution in [3.05, 3.63) is 0 Å². The normalized spacial score (nSPS) is 11.8. The third-order valence-corrected chi connectivity index (χ3v) is 3.19. The zero-order valence-electron chi connectivity index (χ0n) is 14.4. The Morgan fingerprint density at radius 2 is 1.10 bits per heavy atom. The Bertz CT molecular complexity index is 227. The molecule has 0 rings (SSSR count). The van der Waals surface area contributed by atoms with Gasteiger partial charge < -0.3 is 14.2 Å². The number of rotatable bonds is 15. The van der Waals surface area contributed by atoms with E-state index >= 15 is 0 Å². The van der Waals surface area contributed by atoms with Gasteiger partial charge in [0.1, 0.15) is 0 Å². The van der Waals surface area contributed by atoms with Gasteiger partial charge in [0.05, 0.1) is 19.8 Å². The molecular formula is C17H34O4. The molecule has 126 valence electrons. The molecule has 0 aliphatic carbocycles. The Kier molecular flexibility index (Phi) is 12.9. The van der Waals surface area contributed by atoms with E-state index in [0.717, 1.165) is 44.9 Å². The van der Waals surface area contributed by atoms with Crippen molar-refractivity contribution in [3.63, 3.8) is 0 Å². The van der Waals surface area contributed by atoms with Crippen LogP contribution in [-0.2, 0) is 19.0 Å². The monoisotopic (exact) mass is 302 g/mol. The van der Waals surface area contributed by atoms with Crippen LogP contribution in [0.5, 0.6) is 0 Å². The van der Waals surface area contributed by atoms with Gasteiger partial charge >= 0.3 is 5.97 Å². The van der Waals surface area contributed by atoms with Gasteiger partial charge in [0.2, 0.25) is 5.78 Å². The molecule has 0 bridgehead atoms. The summed E-state index contributed by atoms with van der Waals surface area (Å²) in [5.41, 5.74) is 0. The number of unbranched alkanes of at least 4 members (excludes halogenated alkanes) is 3. The maximum atomic E-state index is 12.5. The quantitative estimate of drug-likeness (QED) is 0.331. The summed E-state index contributed by atoms with van der Waals surface area (Å²) in [6.45, 7) is 9.73. The zero-order chi connectivity index (χ0) is 16.0. The number of carbonyl (C=O) groups is 1. The van der Waals surface area contributed by atoms with E-state index in [2.05, 4.69) is 20.8 Å². The summed E-state index contributed by atoms with van der Waals surface area (Å²) in [4.78, 5) is 12.5. The third kappa shape index (κ3) is 8.54. The number of hydrogen-bond acceptors (Lipinski definition) is 4. The first-order valence-electron chi connectivity index (χ1n) is 8.61. The SMILES string of the molecule is CCCCOC(OCCCC)(OCCCC)C(=O)CCC. The highest BCUT2D eigenvalue weighted by atomic mass is 16.9. The lowest BCUT2D eigenvalue weighted by molar-refractivity contribution is -0.354. The molecule has 0 heterocycles. The van der Waals surface area contributed by atoms with Crippen LogP contribution < -0.4 is 0 Å². The number of ether oxygens (including phenoxy) is 3. The lowest BCUT2D eigenvalue weighted by Crippen LogP contribution is -2.48. The second-order valence-corrected chi connectivity index (χ2v) is 5.34. The van der Waals surface area contributed by atoms with Gasteiger partial charge in [0.15, 0.2) is 0 Å². The molecule has 0 aliphatic heterocycles. The fourth-order valence-corrected chi connectivity index (χ4v) is 1.80. The summed E-state index contributed by atoms with van der Waals surface area (Å²) in [5, 5.41) is 0. The van der Waals surface area contributed by atoms with Crippen LogP contribution in [-0.4, -0.2) is 31.6 Å². The second-order valence-electron chi connectivity index (χ2n) is 5.34. The van der Waals surface area contributed by atoms with Crippen LogP contribution in [0.3, 0.4) is 0 Å². The van der Waals surface area contributed by atoms with Crippen LogP contribution in [0, 0.1) is 0 Å². The lowest BCUT2D eigenvalue weighted by Gasteiger charge is -2.32. The summed E-state index contributed by atoms with van der Waals surface area (Å²) in [7, 11) is 0. The molecule has 0 atom stereocenters. The molecule has 0 N–H and O–H groups in total. The average Bonchev–Trinajstić information content (AvgIpc) is 2.47. The first kappa shape index (κ1) is 20.6. The molecule has 4 nitrogen and oxygen atoms in total. The van der Waals surface area contributed by atoms with E-state index in [1.165, 1.54) is 0 Å². The van der Waals surface area contributed by atoms with Crippen molar-refractivity contribution < 1.29 is 19.0 Å². The van der Waals surface area contributed by atoms with Gasteiger partial charge in [0.25, 0.3) is 0 Å². The Morgan fingerprint density at radius 3 is 1.38 bits per heavy atom. The summed E-state index contributed by atoms with van der Waals surface area (Å²) in [5.74, 6) is -1.57. The van der Waals surface area contributed by atoms with E-state index in [0.29, 0.717) is 26.2 Å². The van der Waals surface area contributed by atoms with E-state index in [-0.39, 0.29) is 5.78 Å². The Hall–Kier alpha value is -0.450. The number of carbonyl (C=O) groups excluding carboxylic acids is 1. The summed E-state index contributed by atoms with van der Waals surface area (Å²) >= 11 is 0. The average molecular weight is 302 g/mol. The first-order chi connectivity index (χ1) is 10.2.